The monoisotopic (exact) mass is 235 g/mol. The smallest absolute Gasteiger partial charge is 0.122 e. The molecule has 0 aliphatic carbocycles. The number of nitrogens with one attached hydrogen (secondary N) is 1. The third kappa shape index (κ3) is 3.45. The van der Waals surface area contributed by atoms with Gasteiger partial charge in [0.25, 0.3) is 0 Å². The van der Waals surface area contributed by atoms with Crippen molar-refractivity contribution in [2.45, 2.75) is 26.2 Å². The Morgan fingerprint density at radius 2 is 2.24 bits per heavy atom. The molecule has 1 unspecified atom stereocenters. The molecular weight excluding hydrogens is 214 g/mol. The second-order valence-electron chi connectivity index (χ2n) is 4.93. The van der Waals surface area contributed by atoms with E-state index in [1.165, 1.54) is 5.56 Å². The lowest BCUT2D eigenvalue weighted by Gasteiger charge is -2.26. The molecule has 0 spiro atoms. The summed E-state index contributed by atoms with van der Waals surface area (Å²) in [4.78, 5) is 5.42. The van der Waals surface area contributed by atoms with E-state index in [-0.39, 0.29) is 0 Å². The standard InChI is InChI=1S/C14H21NO2/c1-11(2)10-17-15-9-12-7-8-16-14-6-4-3-5-13(12)14/h3-6,11-12,15H,7-10H2,1-2H3. The Bertz CT molecular complexity index is 352. The van der Waals surface area contributed by atoms with Crippen molar-refractivity contribution in [2.75, 3.05) is 19.8 Å². The topological polar surface area (TPSA) is 30.5 Å². The quantitative estimate of drug-likeness (QED) is 0.629. The molecule has 1 N–H and O–H groups in total. The van der Waals surface area contributed by atoms with Crippen molar-refractivity contribution in [1.82, 2.24) is 5.48 Å². The van der Waals surface area contributed by atoms with Crippen LogP contribution in [0.3, 0.4) is 0 Å². The van der Waals surface area contributed by atoms with Crippen molar-refractivity contribution in [3.8, 4) is 5.75 Å². The second kappa shape index (κ2) is 6.03. The van der Waals surface area contributed by atoms with E-state index in [0.29, 0.717) is 11.8 Å². The van der Waals surface area contributed by atoms with Crippen molar-refractivity contribution in [1.29, 1.82) is 0 Å². The number of hydrogen-bond donors (Lipinski definition) is 1. The van der Waals surface area contributed by atoms with E-state index in [1.54, 1.807) is 0 Å². The van der Waals surface area contributed by atoms with Gasteiger partial charge in [0.2, 0.25) is 0 Å². The zero-order chi connectivity index (χ0) is 12.1. The van der Waals surface area contributed by atoms with E-state index in [9.17, 15) is 0 Å². The minimum Gasteiger partial charge on any atom is -0.493 e. The molecule has 0 bridgehead atoms. The van der Waals surface area contributed by atoms with Gasteiger partial charge in [-0.15, -0.1) is 0 Å². The van der Waals surface area contributed by atoms with Crippen LogP contribution in [0.1, 0.15) is 31.7 Å². The average Bonchev–Trinajstić information content (AvgIpc) is 2.34. The Balaban J connectivity index is 1.86. The summed E-state index contributed by atoms with van der Waals surface area (Å²) in [5.74, 6) is 2.07. The molecule has 17 heavy (non-hydrogen) atoms. The van der Waals surface area contributed by atoms with Crippen molar-refractivity contribution in [3.05, 3.63) is 29.8 Å². The molecule has 1 atom stereocenters. The van der Waals surface area contributed by atoms with Gasteiger partial charge in [-0.2, -0.15) is 0 Å². The molecule has 1 aromatic carbocycles. The van der Waals surface area contributed by atoms with Crippen LogP contribution in [0.2, 0.25) is 0 Å². The van der Waals surface area contributed by atoms with Crippen LogP contribution in [0.5, 0.6) is 5.75 Å². The van der Waals surface area contributed by atoms with Crippen LogP contribution in [-0.4, -0.2) is 19.8 Å². The van der Waals surface area contributed by atoms with Crippen LogP contribution >= 0.6 is 0 Å². The number of benzene rings is 1. The molecule has 3 heteroatoms. The van der Waals surface area contributed by atoms with Gasteiger partial charge in [0.15, 0.2) is 0 Å². The molecule has 0 fully saturated rings. The molecular formula is C14H21NO2. The SMILES string of the molecule is CC(C)CONCC1CCOc2ccccc21. The van der Waals surface area contributed by atoms with Gasteiger partial charge in [0.1, 0.15) is 5.75 Å². The molecule has 0 saturated heterocycles. The van der Waals surface area contributed by atoms with E-state index >= 15 is 0 Å². The first kappa shape index (κ1) is 12.4. The Morgan fingerprint density at radius 1 is 1.41 bits per heavy atom. The van der Waals surface area contributed by atoms with Gasteiger partial charge in [0.05, 0.1) is 13.2 Å². The molecule has 0 aromatic heterocycles. The number of para-hydroxylation sites is 1. The van der Waals surface area contributed by atoms with Crippen molar-refractivity contribution in [3.63, 3.8) is 0 Å². The number of ether oxygens (including phenoxy) is 1. The van der Waals surface area contributed by atoms with Crippen LogP contribution in [0.4, 0.5) is 0 Å². The third-order valence-electron chi connectivity index (χ3n) is 2.93. The van der Waals surface area contributed by atoms with Crippen LogP contribution in [0, 0.1) is 5.92 Å². The Hall–Kier alpha value is -1.06. The van der Waals surface area contributed by atoms with Gasteiger partial charge in [-0.05, 0) is 24.0 Å². The van der Waals surface area contributed by atoms with Crippen LogP contribution in [-0.2, 0) is 4.84 Å². The highest BCUT2D eigenvalue weighted by Crippen LogP contribution is 2.32. The summed E-state index contributed by atoms with van der Waals surface area (Å²) in [6.07, 6.45) is 1.05. The number of fused-ring (bicyclic) bond motifs is 1. The normalized spacial score (nSPS) is 18.9. The summed E-state index contributed by atoms with van der Waals surface area (Å²) in [5.41, 5.74) is 4.36. The van der Waals surface area contributed by atoms with Crippen molar-refractivity contribution in [2.24, 2.45) is 5.92 Å². The van der Waals surface area contributed by atoms with Crippen LogP contribution < -0.4 is 10.2 Å². The third-order valence-corrected chi connectivity index (χ3v) is 2.93. The molecule has 3 nitrogen and oxygen atoms in total. The summed E-state index contributed by atoms with van der Waals surface area (Å²) in [5, 5.41) is 0. The number of rotatable bonds is 5. The van der Waals surface area contributed by atoms with Crippen molar-refractivity contribution < 1.29 is 9.57 Å². The van der Waals surface area contributed by atoms with Crippen molar-refractivity contribution >= 4 is 0 Å². The molecule has 1 aliphatic heterocycles. The van der Waals surface area contributed by atoms with Crippen LogP contribution in [0.15, 0.2) is 24.3 Å². The minimum atomic E-state index is 0.493. The van der Waals surface area contributed by atoms with Gasteiger partial charge < -0.3 is 9.57 Å². The lowest BCUT2D eigenvalue weighted by Crippen LogP contribution is -2.27. The van der Waals surface area contributed by atoms with E-state index in [2.05, 4.69) is 31.5 Å². The molecule has 1 aromatic rings. The fraction of sp³-hybridized carbons (Fsp3) is 0.571. The maximum atomic E-state index is 5.63. The van der Waals surface area contributed by atoms with Crippen LogP contribution in [0.25, 0.3) is 0 Å². The molecule has 1 aliphatic rings. The van der Waals surface area contributed by atoms with Gasteiger partial charge >= 0.3 is 0 Å². The molecule has 1 heterocycles. The molecule has 0 saturated carbocycles. The molecule has 0 radical (unpaired) electrons. The molecule has 0 amide bonds. The maximum Gasteiger partial charge on any atom is 0.122 e. The fourth-order valence-electron chi connectivity index (χ4n) is 2.01. The zero-order valence-electron chi connectivity index (χ0n) is 10.6. The Labute approximate surface area is 103 Å². The van der Waals surface area contributed by atoms with E-state index < -0.39 is 0 Å². The molecule has 2 rings (SSSR count). The highest BCUT2D eigenvalue weighted by Gasteiger charge is 2.20. The summed E-state index contributed by atoms with van der Waals surface area (Å²) in [7, 11) is 0. The molecule has 94 valence electrons. The summed E-state index contributed by atoms with van der Waals surface area (Å²) in [6, 6.07) is 8.26. The van der Waals surface area contributed by atoms with E-state index in [4.69, 9.17) is 9.57 Å². The first-order valence-corrected chi connectivity index (χ1v) is 6.33. The summed E-state index contributed by atoms with van der Waals surface area (Å²) < 4.78 is 5.63. The largest absolute Gasteiger partial charge is 0.493 e. The van der Waals surface area contributed by atoms with Gasteiger partial charge in [0, 0.05) is 12.5 Å². The maximum absolute atomic E-state index is 5.63. The number of hydroxylamine groups is 1. The van der Waals surface area contributed by atoms with E-state index in [0.717, 1.165) is 31.9 Å². The zero-order valence-corrected chi connectivity index (χ0v) is 10.6. The predicted octanol–water partition coefficient (Wildman–Crippen LogP) is 2.73. The average molecular weight is 235 g/mol. The second-order valence-corrected chi connectivity index (χ2v) is 4.93. The first-order chi connectivity index (χ1) is 8.27. The highest BCUT2D eigenvalue weighted by atomic mass is 16.6. The summed E-state index contributed by atoms with van der Waals surface area (Å²) >= 11 is 0. The fourth-order valence-corrected chi connectivity index (χ4v) is 2.01. The number of hydrogen-bond acceptors (Lipinski definition) is 3. The highest BCUT2D eigenvalue weighted by molar-refractivity contribution is 5.37. The lowest BCUT2D eigenvalue weighted by atomic mass is 9.93. The predicted molar refractivity (Wildman–Crippen MR) is 68.1 cm³/mol. The lowest BCUT2D eigenvalue weighted by molar-refractivity contribution is 0.0187. The van der Waals surface area contributed by atoms with Gasteiger partial charge in [-0.1, -0.05) is 32.0 Å². The minimum absolute atomic E-state index is 0.493. The first-order valence-electron chi connectivity index (χ1n) is 6.33. The van der Waals surface area contributed by atoms with Gasteiger partial charge in [-0.3, -0.25) is 0 Å². The summed E-state index contributed by atoms with van der Waals surface area (Å²) in [6.45, 7) is 6.70. The Morgan fingerprint density at radius 3 is 3.06 bits per heavy atom. The van der Waals surface area contributed by atoms with Gasteiger partial charge in [-0.25, -0.2) is 5.48 Å². The Kier molecular flexibility index (Phi) is 4.40. The van der Waals surface area contributed by atoms with E-state index in [1.807, 2.05) is 12.1 Å².